The van der Waals surface area contributed by atoms with Crippen LogP contribution in [0.2, 0.25) is 0 Å². The zero-order valence-electron chi connectivity index (χ0n) is 12.1. The van der Waals surface area contributed by atoms with Crippen molar-refractivity contribution >= 4 is 11.5 Å². The highest BCUT2D eigenvalue weighted by Crippen LogP contribution is 2.37. The largest absolute Gasteiger partial charge is 0.398 e. The number of nitrogens with zero attached hydrogens (tertiary/aromatic N) is 3. The van der Waals surface area contributed by atoms with E-state index in [0.29, 0.717) is 6.04 Å². The summed E-state index contributed by atoms with van der Waals surface area (Å²) in [6.07, 6.45) is 7.64. The number of hydrogen-bond acceptors (Lipinski definition) is 4. The van der Waals surface area contributed by atoms with E-state index in [1.54, 1.807) is 6.33 Å². The summed E-state index contributed by atoms with van der Waals surface area (Å²) in [6.45, 7) is 0.848. The van der Waals surface area contributed by atoms with Crippen molar-refractivity contribution in [2.45, 2.75) is 44.7 Å². The van der Waals surface area contributed by atoms with Gasteiger partial charge in [0, 0.05) is 29.5 Å². The molecule has 4 rings (SSSR count). The van der Waals surface area contributed by atoms with Crippen LogP contribution in [0.5, 0.6) is 0 Å². The predicted molar refractivity (Wildman–Crippen MR) is 84.1 cm³/mol. The molecule has 1 aromatic carbocycles. The number of aromatic nitrogens is 2. The Morgan fingerprint density at radius 2 is 2.00 bits per heavy atom. The molecule has 1 saturated carbocycles. The molecule has 0 radical (unpaired) electrons. The third-order valence-corrected chi connectivity index (χ3v) is 4.51. The van der Waals surface area contributed by atoms with Gasteiger partial charge in [-0.1, -0.05) is 18.2 Å². The van der Waals surface area contributed by atoms with E-state index in [0.717, 1.165) is 30.9 Å². The van der Waals surface area contributed by atoms with Crippen LogP contribution in [-0.4, -0.2) is 16.0 Å². The number of rotatable bonds is 4. The highest BCUT2D eigenvalue weighted by atomic mass is 15.2. The van der Waals surface area contributed by atoms with Crippen LogP contribution in [0.15, 0.2) is 30.6 Å². The van der Waals surface area contributed by atoms with E-state index in [-0.39, 0.29) is 0 Å². The van der Waals surface area contributed by atoms with Crippen molar-refractivity contribution < 1.29 is 0 Å². The van der Waals surface area contributed by atoms with Gasteiger partial charge in [0.2, 0.25) is 0 Å². The molecule has 0 bridgehead atoms. The quantitative estimate of drug-likeness (QED) is 0.875. The zero-order chi connectivity index (χ0) is 14.2. The number of hydrogen-bond donors (Lipinski definition) is 1. The molecule has 1 fully saturated rings. The summed E-state index contributed by atoms with van der Waals surface area (Å²) in [5, 5.41) is 0. The lowest BCUT2D eigenvalue weighted by atomic mass is 10.1. The lowest BCUT2D eigenvalue weighted by molar-refractivity contribution is 0.767. The molecular weight excluding hydrogens is 260 g/mol. The predicted octanol–water partition coefficient (Wildman–Crippen LogP) is 2.72. The van der Waals surface area contributed by atoms with Crippen LogP contribution >= 0.6 is 0 Å². The van der Waals surface area contributed by atoms with Gasteiger partial charge < -0.3 is 10.6 Å². The average Bonchev–Trinajstić information content (AvgIpc) is 3.22. The normalized spacial score (nSPS) is 16.8. The topological polar surface area (TPSA) is 55.0 Å². The van der Waals surface area contributed by atoms with Crippen molar-refractivity contribution in [1.82, 2.24) is 9.97 Å². The Morgan fingerprint density at radius 3 is 2.81 bits per heavy atom. The summed E-state index contributed by atoms with van der Waals surface area (Å²) in [6, 6.07) is 8.75. The highest BCUT2D eigenvalue weighted by molar-refractivity contribution is 5.55. The van der Waals surface area contributed by atoms with Gasteiger partial charge in [0.1, 0.15) is 12.1 Å². The van der Waals surface area contributed by atoms with Crippen LogP contribution in [0.3, 0.4) is 0 Å². The average molecular weight is 280 g/mol. The van der Waals surface area contributed by atoms with Crippen LogP contribution < -0.4 is 10.6 Å². The Bertz CT molecular complexity index is 664. The van der Waals surface area contributed by atoms with E-state index in [9.17, 15) is 0 Å². The second-order valence-corrected chi connectivity index (χ2v) is 6.03. The van der Waals surface area contributed by atoms with E-state index in [4.69, 9.17) is 5.73 Å². The highest BCUT2D eigenvalue weighted by Gasteiger charge is 2.33. The van der Waals surface area contributed by atoms with Gasteiger partial charge in [0.25, 0.3) is 0 Å². The third-order valence-electron chi connectivity index (χ3n) is 4.51. The van der Waals surface area contributed by atoms with E-state index < -0.39 is 0 Å². The van der Waals surface area contributed by atoms with Crippen LogP contribution in [0, 0.1) is 0 Å². The van der Waals surface area contributed by atoms with Crippen molar-refractivity contribution in [2.24, 2.45) is 0 Å². The van der Waals surface area contributed by atoms with Gasteiger partial charge in [-0.2, -0.15) is 0 Å². The first-order chi connectivity index (χ1) is 10.3. The first-order valence-electron chi connectivity index (χ1n) is 7.75. The summed E-state index contributed by atoms with van der Waals surface area (Å²) in [5.74, 6) is 1.14. The Hall–Kier alpha value is -2.10. The van der Waals surface area contributed by atoms with Gasteiger partial charge in [-0.25, -0.2) is 9.97 Å². The maximum absolute atomic E-state index is 6.12. The smallest absolute Gasteiger partial charge is 0.135 e. The molecule has 2 aliphatic rings. The van der Waals surface area contributed by atoms with Gasteiger partial charge in [0.15, 0.2) is 0 Å². The van der Waals surface area contributed by atoms with Gasteiger partial charge >= 0.3 is 0 Å². The fraction of sp³-hybridized carbons (Fsp3) is 0.412. The Balaban J connectivity index is 1.70. The van der Waals surface area contributed by atoms with Crippen LogP contribution in [-0.2, 0) is 19.4 Å². The molecule has 0 saturated heterocycles. The Morgan fingerprint density at radius 1 is 1.14 bits per heavy atom. The molecular formula is C17H20N4. The number of anilines is 2. The second-order valence-electron chi connectivity index (χ2n) is 6.03. The molecule has 0 unspecified atom stereocenters. The van der Waals surface area contributed by atoms with Gasteiger partial charge in [-0.15, -0.1) is 0 Å². The molecule has 1 aromatic heterocycles. The molecule has 0 spiro atoms. The summed E-state index contributed by atoms with van der Waals surface area (Å²) in [5.41, 5.74) is 10.8. The van der Waals surface area contributed by atoms with Crippen molar-refractivity contribution in [3.05, 3.63) is 47.4 Å². The van der Waals surface area contributed by atoms with Crippen LogP contribution in [0.4, 0.5) is 11.5 Å². The number of fused-ring (bicyclic) bond motifs is 1. The number of para-hydroxylation sites is 1. The molecule has 2 aliphatic carbocycles. The van der Waals surface area contributed by atoms with E-state index in [1.165, 1.54) is 36.1 Å². The number of nitrogen functional groups attached to an aromatic ring is 1. The Labute approximate surface area is 125 Å². The number of nitrogens with two attached hydrogens (primary N) is 1. The van der Waals surface area contributed by atoms with E-state index in [2.05, 4.69) is 27.0 Å². The third kappa shape index (κ3) is 2.35. The van der Waals surface area contributed by atoms with Gasteiger partial charge in [0.05, 0.1) is 0 Å². The van der Waals surface area contributed by atoms with Crippen molar-refractivity contribution in [3.8, 4) is 0 Å². The minimum Gasteiger partial charge on any atom is -0.398 e. The molecule has 108 valence electrons. The van der Waals surface area contributed by atoms with Gasteiger partial charge in [-0.05, 0) is 43.7 Å². The second kappa shape index (κ2) is 5.02. The zero-order valence-corrected chi connectivity index (χ0v) is 12.1. The molecule has 4 heteroatoms. The molecule has 1 heterocycles. The fourth-order valence-electron chi connectivity index (χ4n) is 3.21. The van der Waals surface area contributed by atoms with Crippen molar-refractivity contribution in [3.63, 3.8) is 0 Å². The SMILES string of the molecule is Nc1ccccc1CN(c1ncnc2c1CCC2)C1CC1. The maximum atomic E-state index is 6.12. The molecule has 2 N–H and O–H groups in total. The molecule has 0 atom stereocenters. The van der Waals surface area contributed by atoms with Crippen LogP contribution in [0.1, 0.15) is 36.1 Å². The fourth-order valence-corrected chi connectivity index (χ4v) is 3.21. The maximum Gasteiger partial charge on any atom is 0.135 e. The minimum absolute atomic E-state index is 0.615. The lowest BCUT2D eigenvalue weighted by Gasteiger charge is -2.26. The summed E-state index contributed by atoms with van der Waals surface area (Å²) in [7, 11) is 0. The molecule has 0 aliphatic heterocycles. The van der Waals surface area contributed by atoms with Crippen molar-refractivity contribution in [1.29, 1.82) is 0 Å². The van der Waals surface area contributed by atoms with Gasteiger partial charge in [-0.3, -0.25) is 0 Å². The summed E-state index contributed by atoms with van der Waals surface area (Å²) in [4.78, 5) is 11.5. The number of benzene rings is 1. The summed E-state index contributed by atoms with van der Waals surface area (Å²) < 4.78 is 0. The van der Waals surface area contributed by atoms with Crippen molar-refractivity contribution in [2.75, 3.05) is 10.6 Å². The molecule has 0 amide bonds. The summed E-state index contributed by atoms with van der Waals surface area (Å²) >= 11 is 0. The van der Waals surface area contributed by atoms with Crippen LogP contribution in [0.25, 0.3) is 0 Å². The molecule has 4 nitrogen and oxygen atoms in total. The first kappa shape index (κ1) is 12.6. The first-order valence-corrected chi connectivity index (χ1v) is 7.75. The Kier molecular flexibility index (Phi) is 3.02. The lowest BCUT2D eigenvalue weighted by Crippen LogP contribution is -2.27. The number of aryl methyl sites for hydroxylation is 1. The monoisotopic (exact) mass is 280 g/mol. The molecule has 2 aromatic rings. The minimum atomic E-state index is 0.615. The standard InChI is InChI=1S/C17H20N4/c18-15-6-2-1-4-12(15)10-21(13-8-9-13)17-14-5-3-7-16(14)19-11-20-17/h1-2,4,6,11,13H,3,5,7-10,18H2. The molecule has 21 heavy (non-hydrogen) atoms. The van der Waals surface area contributed by atoms with E-state index in [1.807, 2.05) is 12.1 Å². The van der Waals surface area contributed by atoms with E-state index >= 15 is 0 Å².